The monoisotopic (exact) mass is 297 g/mol. The summed E-state index contributed by atoms with van der Waals surface area (Å²) < 4.78 is 5.50. The van der Waals surface area contributed by atoms with Crippen LogP contribution in [0.25, 0.3) is 0 Å². The predicted octanol–water partition coefficient (Wildman–Crippen LogP) is 1.65. The number of aromatic nitrogens is 1. The number of thiazole rings is 1. The van der Waals surface area contributed by atoms with Crippen LogP contribution >= 0.6 is 11.3 Å². The van der Waals surface area contributed by atoms with Gasteiger partial charge < -0.3 is 15.4 Å². The van der Waals surface area contributed by atoms with E-state index in [4.69, 9.17) is 4.74 Å². The van der Waals surface area contributed by atoms with Crippen molar-refractivity contribution in [1.29, 1.82) is 0 Å². The normalized spacial score (nSPS) is 18.2. The number of hydrogen-bond donors (Lipinski definition) is 2. The van der Waals surface area contributed by atoms with Gasteiger partial charge in [0, 0.05) is 12.5 Å². The molecule has 0 unspecified atom stereocenters. The van der Waals surface area contributed by atoms with Crippen LogP contribution in [-0.2, 0) is 16.1 Å². The van der Waals surface area contributed by atoms with E-state index in [1.54, 1.807) is 18.4 Å². The van der Waals surface area contributed by atoms with Crippen LogP contribution in [0.15, 0.2) is 5.38 Å². The maximum Gasteiger partial charge on any atom is 0.252 e. The molecule has 1 aromatic heterocycles. The molecule has 6 heteroatoms. The van der Waals surface area contributed by atoms with Gasteiger partial charge in [0.25, 0.3) is 5.91 Å². The van der Waals surface area contributed by atoms with Gasteiger partial charge in [-0.3, -0.25) is 4.79 Å². The second-order valence-corrected chi connectivity index (χ2v) is 6.39. The highest BCUT2D eigenvalue weighted by molar-refractivity contribution is 7.09. The van der Waals surface area contributed by atoms with Crippen LogP contribution in [0.5, 0.6) is 0 Å². The summed E-state index contributed by atoms with van der Waals surface area (Å²) in [7, 11) is 1.62. The van der Waals surface area contributed by atoms with E-state index in [-0.39, 0.29) is 5.91 Å². The Bertz CT molecular complexity index is 453. The molecule has 1 aliphatic rings. The van der Waals surface area contributed by atoms with Crippen molar-refractivity contribution in [3.8, 4) is 0 Å². The Labute approximate surface area is 124 Å². The Balaban J connectivity index is 1.93. The number of carbonyl (C=O) groups is 1. The van der Waals surface area contributed by atoms with Crippen LogP contribution < -0.4 is 10.6 Å². The number of hydrogen-bond acceptors (Lipinski definition) is 5. The number of methoxy groups -OCH3 is 1. The van der Waals surface area contributed by atoms with Crippen molar-refractivity contribution in [3.63, 3.8) is 0 Å². The molecule has 1 aliphatic heterocycles. The second-order valence-electron chi connectivity index (χ2n) is 5.45. The largest absolute Gasteiger partial charge is 0.368 e. The van der Waals surface area contributed by atoms with E-state index in [0.717, 1.165) is 23.8 Å². The molecule has 2 N–H and O–H groups in total. The van der Waals surface area contributed by atoms with Crippen molar-refractivity contribution in [2.24, 2.45) is 0 Å². The molecule has 0 spiro atoms. The third-order valence-corrected chi connectivity index (χ3v) is 4.64. The Morgan fingerprint density at radius 2 is 2.25 bits per heavy atom. The molecule has 2 rings (SSSR count). The molecule has 0 aromatic carbocycles. The third kappa shape index (κ3) is 3.37. The number of amides is 1. The average Bonchev–Trinajstić information content (AvgIpc) is 2.94. The molecule has 0 saturated carbocycles. The van der Waals surface area contributed by atoms with Crippen molar-refractivity contribution < 1.29 is 9.53 Å². The Morgan fingerprint density at radius 1 is 1.55 bits per heavy atom. The van der Waals surface area contributed by atoms with Gasteiger partial charge in [0.1, 0.15) is 10.6 Å². The van der Waals surface area contributed by atoms with E-state index in [2.05, 4.69) is 34.8 Å². The zero-order valence-electron chi connectivity index (χ0n) is 12.4. The van der Waals surface area contributed by atoms with E-state index in [9.17, 15) is 4.79 Å². The smallest absolute Gasteiger partial charge is 0.252 e. The first-order chi connectivity index (χ1) is 9.57. The minimum atomic E-state index is -0.677. The van der Waals surface area contributed by atoms with Gasteiger partial charge in [-0.2, -0.15) is 0 Å². The summed E-state index contributed by atoms with van der Waals surface area (Å²) >= 11 is 1.59. The zero-order valence-corrected chi connectivity index (χ0v) is 13.2. The summed E-state index contributed by atoms with van der Waals surface area (Å²) in [5.74, 6) is 0.397. The summed E-state index contributed by atoms with van der Waals surface area (Å²) in [4.78, 5) is 16.9. The molecule has 0 atom stereocenters. The maximum atomic E-state index is 12.4. The fourth-order valence-corrected chi connectivity index (χ4v) is 3.24. The van der Waals surface area contributed by atoms with Crippen LogP contribution in [0.3, 0.4) is 0 Å². The van der Waals surface area contributed by atoms with Crippen LogP contribution in [0.4, 0.5) is 0 Å². The molecule has 0 aliphatic carbocycles. The molecule has 1 saturated heterocycles. The van der Waals surface area contributed by atoms with Crippen molar-refractivity contribution in [2.45, 2.75) is 44.8 Å². The fourth-order valence-electron chi connectivity index (χ4n) is 2.34. The molecule has 1 amide bonds. The molecule has 2 heterocycles. The number of piperidine rings is 1. The molecule has 1 aromatic rings. The molecule has 0 bridgehead atoms. The van der Waals surface area contributed by atoms with Gasteiger partial charge in [0.2, 0.25) is 0 Å². The van der Waals surface area contributed by atoms with Crippen molar-refractivity contribution in [3.05, 3.63) is 16.1 Å². The Morgan fingerprint density at radius 3 is 2.80 bits per heavy atom. The molecule has 112 valence electrons. The average molecular weight is 297 g/mol. The summed E-state index contributed by atoms with van der Waals surface area (Å²) in [6.07, 6.45) is 1.43. The van der Waals surface area contributed by atoms with E-state index in [1.807, 2.05) is 0 Å². The van der Waals surface area contributed by atoms with Gasteiger partial charge >= 0.3 is 0 Å². The van der Waals surface area contributed by atoms with E-state index in [1.165, 1.54) is 0 Å². The Hall–Kier alpha value is -0.980. The maximum absolute atomic E-state index is 12.4. The van der Waals surface area contributed by atoms with E-state index in [0.29, 0.717) is 25.3 Å². The van der Waals surface area contributed by atoms with E-state index < -0.39 is 5.60 Å². The highest BCUT2D eigenvalue weighted by Crippen LogP contribution is 2.23. The van der Waals surface area contributed by atoms with Crippen LogP contribution in [0.1, 0.15) is 43.3 Å². The standard InChI is InChI=1S/C14H23N3O2S/c1-10(2)11-9-20-12(17-11)8-16-13(18)14(19-3)4-6-15-7-5-14/h9-10,15H,4-8H2,1-3H3,(H,16,18). The lowest BCUT2D eigenvalue weighted by molar-refractivity contribution is -0.146. The summed E-state index contributed by atoms with van der Waals surface area (Å²) in [6, 6.07) is 0. The highest BCUT2D eigenvalue weighted by atomic mass is 32.1. The number of nitrogens with one attached hydrogen (secondary N) is 2. The number of ether oxygens (including phenoxy) is 1. The van der Waals surface area contributed by atoms with Gasteiger partial charge in [0.05, 0.1) is 12.2 Å². The fraction of sp³-hybridized carbons (Fsp3) is 0.714. The van der Waals surface area contributed by atoms with Crippen LogP contribution in [-0.4, -0.2) is 36.7 Å². The molecule has 20 heavy (non-hydrogen) atoms. The first kappa shape index (κ1) is 15.4. The quantitative estimate of drug-likeness (QED) is 0.867. The first-order valence-corrected chi connectivity index (χ1v) is 7.94. The summed E-state index contributed by atoms with van der Waals surface area (Å²) in [5.41, 5.74) is 0.409. The van der Waals surface area contributed by atoms with Crippen molar-refractivity contribution in [2.75, 3.05) is 20.2 Å². The van der Waals surface area contributed by atoms with Crippen LogP contribution in [0.2, 0.25) is 0 Å². The molecular formula is C14H23N3O2S. The van der Waals surface area contributed by atoms with Gasteiger partial charge in [-0.1, -0.05) is 13.8 Å². The Kier molecular flexibility index (Phi) is 5.12. The number of nitrogens with zero attached hydrogens (tertiary/aromatic N) is 1. The summed E-state index contributed by atoms with van der Waals surface area (Å²) in [6.45, 7) is 6.35. The minimum absolute atomic E-state index is 0.0252. The molecular weight excluding hydrogens is 274 g/mol. The number of rotatable bonds is 5. The van der Waals surface area contributed by atoms with Crippen molar-refractivity contribution >= 4 is 17.2 Å². The third-order valence-electron chi connectivity index (χ3n) is 3.78. The summed E-state index contributed by atoms with van der Waals surface area (Å²) in [5, 5.41) is 9.22. The topological polar surface area (TPSA) is 63.2 Å². The number of carbonyl (C=O) groups excluding carboxylic acids is 1. The lowest BCUT2D eigenvalue weighted by Gasteiger charge is -2.34. The highest BCUT2D eigenvalue weighted by Gasteiger charge is 2.39. The molecule has 1 fully saturated rings. The van der Waals surface area contributed by atoms with Gasteiger partial charge in [0.15, 0.2) is 0 Å². The van der Waals surface area contributed by atoms with Gasteiger partial charge in [-0.15, -0.1) is 11.3 Å². The van der Waals surface area contributed by atoms with Gasteiger partial charge in [-0.25, -0.2) is 4.98 Å². The van der Waals surface area contributed by atoms with E-state index >= 15 is 0 Å². The predicted molar refractivity (Wildman–Crippen MR) is 79.9 cm³/mol. The van der Waals surface area contributed by atoms with Crippen LogP contribution in [0, 0.1) is 0 Å². The molecule has 0 radical (unpaired) electrons. The molecule has 5 nitrogen and oxygen atoms in total. The van der Waals surface area contributed by atoms with Crippen molar-refractivity contribution in [1.82, 2.24) is 15.6 Å². The zero-order chi connectivity index (χ0) is 14.6. The second kappa shape index (κ2) is 6.65. The van der Waals surface area contributed by atoms with Gasteiger partial charge in [-0.05, 0) is 31.8 Å². The lowest BCUT2D eigenvalue weighted by Crippen LogP contribution is -2.53. The minimum Gasteiger partial charge on any atom is -0.368 e. The first-order valence-electron chi connectivity index (χ1n) is 7.06. The lowest BCUT2D eigenvalue weighted by atomic mass is 9.91. The SMILES string of the molecule is COC1(C(=O)NCc2nc(C(C)C)cs2)CCNCC1.